The molecular weight excluding hydrogens is 749 g/mol. The minimum absolute atomic E-state index is 0. The first kappa shape index (κ1) is 46.7. The van der Waals surface area contributed by atoms with Gasteiger partial charge in [-0.2, -0.15) is 0 Å². The number of hydrogen-bond donors (Lipinski definition) is 6. The molecule has 2 unspecified atom stereocenters. The Kier molecular flexibility index (Phi) is 18.1. The number of H-pyrrole nitrogens is 2. The molecule has 2 aliphatic rings. The second-order valence-corrected chi connectivity index (χ2v) is 14.0. The second-order valence-electron chi connectivity index (χ2n) is 9.32. The Balaban J connectivity index is 0.00000384. The summed E-state index contributed by atoms with van der Waals surface area (Å²) in [6.45, 7) is -2.31. The van der Waals surface area contributed by atoms with Crippen LogP contribution in [-0.2, 0) is 40.8 Å². The molecule has 6 N–H and O–H groups in total. The molecule has 2 aromatic heterocycles. The van der Waals surface area contributed by atoms with Crippen molar-refractivity contribution in [3.63, 3.8) is 0 Å². The third-order valence-corrected chi connectivity index (χ3v) is 10.5. The van der Waals surface area contributed by atoms with Crippen LogP contribution >= 0.6 is 23.1 Å². The number of aromatic amines is 2. The first-order chi connectivity index (χ1) is 20.8. The van der Waals surface area contributed by atoms with Crippen LogP contribution in [-0.4, -0.2) is 96.9 Å². The Hall–Kier alpha value is 0.635. The number of phosphoric acid groups is 2. The van der Waals surface area contributed by atoms with Crippen LogP contribution in [0.2, 0.25) is 0 Å². The minimum Gasteiger partial charge on any atom is -0.756 e. The van der Waals surface area contributed by atoms with Crippen molar-refractivity contribution in [2.45, 2.75) is 49.1 Å². The van der Waals surface area contributed by atoms with Crippen LogP contribution in [0, 0.1) is 0 Å². The molecule has 4 rings (SSSR count). The fraction of sp³-hybridized carbons (Fsp3) is 0.556. The third-order valence-electron chi connectivity index (χ3n) is 6.15. The quantitative estimate of drug-likeness (QED) is 0.0862. The summed E-state index contributed by atoms with van der Waals surface area (Å²) < 4.78 is 65.2. The van der Waals surface area contributed by atoms with Crippen LogP contribution in [0.5, 0.6) is 0 Å². The van der Waals surface area contributed by atoms with Gasteiger partial charge in [0.15, 0.2) is 12.5 Å². The summed E-state index contributed by atoms with van der Waals surface area (Å²) in [7, 11) is -12.3. The van der Waals surface area contributed by atoms with Crippen LogP contribution in [0.25, 0.3) is 0 Å². The van der Waals surface area contributed by atoms with Crippen molar-refractivity contribution < 1.29 is 160 Å². The number of aromatic nitrogens is 4. The maximum absolute atomic E-state index is 12.3. The van der Waals surface area contributed by atoms with Gasteiger partial charge in [-0.15, -0.1) is 0 Å². The molecule has 0 amide bonds. The Labute approximate surface area is 334 Å². The van der Waals surface area contributed by atoms with Crippen LogP contribution in [0.4, 0.5) is 0 Å². The standard InChI is InChI=1S/C18H24BN4O19P3.3Na/c19-43(32,41-44(33,34)37-5-7-11(26)13(28)15(39-7)22-3-1-9(24)20-17(22)30)42-45(35,36)38-6-8-12(27)14(29)16(40-8)23-4-2-10(25)21-18(23)31;;;/h1-4,7-8,11-16,26-29H,5-6H2,(H,33,34)(H,35,36)(H,20,24,30)(H,21,25,31);;;/q-1;3*+1/p-2/t7-,8-,11-,12-,13-,14-,15-,16-;;;/m1.../s1. The number of aliphatic hydroxyl groups is 4. The molecule has 0 spiro atoms. The monoisotopic (exact) mass is 771 g/mol. The summed E-state index contributed by atoms with van der Waals surface area (Å²) in [4.78, 5) is 74.4. The molecule has 23 nitrogen and oxygen atoms in total. The summed E-state index contributed by atoms with van der Waals surface area (Å²) in [6, 6.07) is 1.79. The van der Waals surface area contributed by atoms with E-state index in [9.17, 15) is 63.1 Å². The fourth-order valence-corrected chi connectivity index (χ4v) is 7.77. The van der Waals surface area contributed by atoms with Crippen LogP contribution in [0.3, 0.4) is 0 Å². The molecule has 0 saturated carbocycles. The van der Waals surface area contributed by atoms with E-state index in [0.717, 1.165) is 24.5 Å². The van der Waals surface area contributed by atoms with Crippen molar-refractivity contribution in [1.82, 2.24) is 19.1 Å². The van der Waals surface area contributed by atoms with Gasteiger partial charge >= 0.3 is 100 Å². The molecule has 0 bridgehead atoms. The van der Waals surface area contributed by atoms with E-state index in [1.165, 1.54) is 0 Å². The van der Waals surface area contributed by atoms with Gasteiger partial charge in [0.05, 0.1) is 20.7 Å². The Morgan fingerprint density at radius 1 is 0.708 bits per heavy atom. The van der Waals surface area contributed by atoms with Crippen molar-refractivity contribution in [2.24, 2.45) is 0 Å². The van der Waals surface area contributed by atoms with Gasteiger partial charge in [-0.1, -0.05) is 0 Å². The number of nitrogens with zero attached hydrogens (tertiary/aromatic N) is 2. The Morgan fingerprint density at radius 2 is 1.04 bits per heavy atom. The first-order valence-electron chi connectivity index (χ1n) is 12.2. The van der Waals surface area contributed by atoms with E-state index in [2.05, 4.69) is 17.7 Å². The topological polar surface area (TPSA) is 343 Å². The Morgan fingerprint density at radius 3 is 1.35 bits per heavy atom. The van der Waals surface area contributed by atoms with Crippen molar-refractivity contribution in [3.05, 3.63) is 66.2 Å². The number of phosphoric ester groups is 2. The van der Waals surface area contributed by atoms with E-state index in [1.54, 1.807) is 0 Å². The Bertz CT molecular complexity index is 1670. The number of ether oxygens (including phenoxy) is 2. The van der Waals surface area contributed by atoms with Crippen LogP contribution < -0.4 is 121 Å². The third kappa shape index (κ3) is 11.8. The molecule has 48 heavy (non-hydrogen) atoms. The van der Waals surface area contributed by atoms with Gasteiger partial charge in [0.1, 0.15) is 36.6 Å². The van der Waals surface area contributed by atoms with Crippen molar-refractivity contribution in [2.75, 3.05) is 13.2 Å². The zero-order valence-corrected chi connectivity index (χ0v) is 33.8. The van der Waals surface area contributed by atoms with Gasteiger partial charge in [-0.25, -0.2) is 9.59 Å². The minimum atomic E-state index is -5.84. The average Bonchev–Trinajstić information content (AvgIpc) is 3.35. The van der Waals surface area contributed by atoms with Crippen LogP contribution in [0.15, 0.2) is 43.7 Å². The van der Waals surface area contributed by atoms with E-state index in [-0.39, 0.29) is 88.7 Å². The molecule has 2 saturated heterocycles. The summed E-state index contributed by atoms with van der Waals surface area (Å²) in [5, 5.41) is 40.7. The van der Waals surface area contributed by atoms with Gasteiger partial charge in [0.2, 0.25) is 0 Å². The van der Waals surface area contributed by atoms with Gasteiger partial charge in [0.25, 0.3) is 26.8 Å². The molecule has 249 valence electrons. The molecule has 10 atom stereocenters. The largest absolute Gasteiger partial charge is 1.00 e. The summed E-state index contributed by atoms with van der Waals surface area (Å²) >= 11 is 0. The molecule has 2 aromatic rings. The van der Waals surface area contributed by atoms with Crippen LogP contribution in [0.1, 0.15) is 12.5 Å². The SMILES string of the molecule is [B-]P(=O)(OP(=O)([O-])OC[C@H]1O[C@@H](n2ccc(=O)[nH]c2=O)[C@H](O)[C@@H]1O)OP(=O)([O-])OC[C@H]1O[C@@H](n2ccc(=O)[nH]c2=O)[C@H](O)[C@@H]1O.[Na+].[Na+].[Na+]. The molecular formula is C18H22BN4Na3O19P3. The predicted molar refractivity (Wildman–Crippen MR) is 137 cm³/mol. The van der Waals surface area contributed by atoms with Crippen molar-refractivity contribution in [3.8, 4) is 0 Å². The van der Waals surface area contributed by atoms with E-state index in [0.29, 0.717) is 9.13 Å². The first-order valence-corrected chi connectivity index (χ1v) is 16.7. The van der Waals surface area contributed by atoms with Crippen molar-refractivity contribution in [1.29, 1.82) is 0 Å². The van der Waals surface area contributed by atoms with E-state index in [1.807, 2.05) is 9.97 Å². The molecule has 4 heterocycles. The molecule has 2 fully saturated rings. The molecule has 3 radical (unpaired) electrons. The van der Waals surface area contributed by atoms with Gasteiger partial charge in [-0.05, 0) is 0 Å². The van der Waals surface area contributed by atoms with E-state index >= 15 is 0 Å². The number of rotatable bonds is 12. The molecule has 2 aliphatic heterocycles. The number of aliphatic hydroxyl groups excluding tert-OH is 4. The molecule has 30 heteroatoms. The zero-order chi connectivity index (χ0) is 33.5. The maximum atomic E-state index is 12.3. The van der Waals surface area contributed by atoms with E-state index in [4.69, 9.17) is 17.0 Å². The zero-order valence-electron chi connectivity index (χ0n) is 25.1. The molecule has 0 aromatic carbocycles. The smallest absolute Gasteiger partial charge is 0.756 e. The van der Waals surface area contributed by atoms with Gasteiger partial charge in [-0.3, -0.25) is 46.4 Å². The van der Waals surface area contributed by atoms with E-state index < -0.39 is 108 Å². The number of nitrogens with one attached hydrogen (secondary N) is 2. The summed E-state index contributed by atoms with van der Waals surface area (Å²) in [5.74, 6) is 0. The summed E-state index contributed by atoms with van der Waals surface area (Å²) in [5.41, 5.74) is -3.66. The average molecular weight is 771 g/mol. The molecule has 0 aliphatic carbocycles. The normalized spacial score (nSPS) is 30.5. The van der Waals surface area contributed by atoms with Crippen molar-refractivity contribution >= 4 is 30.7 Å². The maximum Gasteiger partial charge on any atom is 1.00 e. The predicted octanol–water partition coefficient (Wildman–Crippen LogP) is -14.4. The van der Waals surface area contributed by atoms with Gasteiger partial charge in [0, 0.05) is 24.5 Å². The summed E-state index contributed by atoms with van der Waals surface area (Å²) in [6.07, 6.45) is -12.2. The van der Waals surface area contributed by atoms with Gasteiger partial charge < -0.3 is 60.9 Å². The second kappa shape index (κ2) is 18.6. The fourth-order valence-electron chi connectivity index (χ4n) is 4.12. The number of hydrogen-bond acceptors (Lipinski definition) is 19.